The second kappa shape index (κ2) is 5.71. The van der Waals surface area contributed by atoms with Crippen molar-refractivity contribution in [3.8, 4) is 0 Å². The van der Waals surface area contributed by atoms with Crippen molar-refractivity contribution in [2.45, 2.75) is 49.2 Å². The monoisotopic (exact) mass is 301 g/mol. The van der Waals surface area contributed by atoms with E-state index in [-0.39, 0.29) is 5.25 Å². The molecule has 0 aromatic heterocycles. The van der Waals surface area contributed by atoms with Crippen molar-refractivity contribution in [3.63, 3.8) is 0 Å². The maximum atomic E-state index is 12.5. The lowest BCUT2D eigenvalue weighted by Crippen LogP contribution is -2.27. The van der Waals surface area contributed by atoms with Crippen LogP contribution in [0.5, 0.6) is 0 Å². The molecule has 1 saturated carbocycles. The lowest BCUT2D eigenvalue weighted by Gasteiger charge is -2.27. The van der Waals surface area contributed by atoms with Crippen molar-refractivity contribution in [3.05, 3.63) is 23.2 Å². The summed E-state index contributed by atoms with van der Waals surface area (Å²) in [5.74, 6) is 0.682. The Hall–Kier alpha value is -0.740. The molecule has 5 heteroatoms. The third kappa shape index (κ3) is 3.06. The number of sulfone groups is 1. The van der Waals surface area contributed by atoms with Crippen LogP contribution in [0.3, 0.4) is 0 Å². The van der Waals surface area contributed by atoms with Crippen molar-refractivity contribution in [2.24, 2.45) is 5.92 Å². The van der Waals surface area contributed by atoms with Gasteiger partial charge in [-0.15, -0.1) is 0 Å². The summed E-state index contributed by atoms with van der Waals surface area (Å²) in [6.07, 6.45) is 4.65. The van der Waals surface area contributed by atoms with E-state index in [4.69, 9.17) is 17.3 Å². The Bertz CT molecular complexity index is 549. The van der Waals surface area contributed by atoms with Crippen LogP contribution in [0.4, 0.5) is 5.69 Å². The van der Waals surface area contributed by atoms with E-state index in [9.17, 15) is 8.42 Å². The first-order valence-corrected chi connectivity index (χ1v) is 8.66. The fourth-order valence-electron chi connectivity index (χ4n) is 2.73. The molecule has 0 amide bonds. The van der Waals surface area contributed by atoms with E-state index in [1.165, 1.54) is 6.07 Å². The fraction of sp³-hybridized carbons (Fsp3) is 0.571. The molecule has 0 radical (unpaired) electrons. The summed E-state index contributed by atoms with van der Waals surface area (Å²) in [5, 5.41) is 0.0401. The number of hydrogen-bond acceptors (Lipinski definition) is 3. The largest absolute Gasteiger partial charge is 0.398 e. The third-order valence-electron chi connectivity index (χ3n) is 4.11. The quantitative estimate of drug-likeness (QED) is 0.867. The molecule has 19 heavy (non-hydrogen) atoms. The highest BCUT2D eigenvalue weighted by Gasteiger charge is 2.31. The maximum Gasteiger partial charge on any atom is 0.181 e. The van der Waals surface area contributed by atoms with Gasteiger partial charge < -0.3 is 5.73 Å². The van der Waals surface area contributed by atoms with Gasteiger partial charge in [0.15, 0.2) is 9.84 Å². The summed E-state index contributed by atoms with van der Waals surface area (Å²) in [7, 11) is -3.27. The Morgan fingerprint density at radius 1 is 1.26 bits per heavy atom. The molecule has 1 aliphatic carbocycles. The molecule has 0 atom stereocenters. The van der Waals surface area contributed by atoms with Crippen LogP contribution in [-0.2, 0) is 9.84 Å². The molecule has 0 heterocycles. The minimum Gasteiger partial charge on any atom is -0.398 e. The summed E-state index contributed by atoms with van der Waals surface area (Å²) < 4.78 is 25.1. The first-order chi connectivity index (χ1) is 8.95. The van der Waals surface area contributed by atoms with Crippen molar-refractivity contribution < 1.29 is 8.42 Å². The highest BCUT2D eigenvalue weighted by Crippen LogP contribution is 2.34. The zero-order valence-electron chi connectivity index (χ0n) is 11.1. The zero-order valence-corrected chi connectivity index (χ0v) is 12.7. The fourth-order valence-corrected chi connectivity index (χ4v) is 4.79. The molecule has 106 valence electrons. The molecule has 0 bridgehead atoms. The molecule has 1 aromatic rings. The first kappa shape index (κ1) is 14.7. The highest BCUT2D eigenvalue weighted by molar-refractivity contribution is 7.92. The van der Waals surface area contributed by atoms with Gasteiger partial charge in [-0.3, -0.25) is 0 Å². The summed E-state index contributed by atoms with van der Waals surface area (Å²) in [4.78, 5) is 0.298. The minimum absolute atomic E-state index is 0.269. The second-order valence-corrected chi connectivity index (χ2v) is 7.91. The van der Waals surface area contributed by atoms with Crippen LogP contribution >= 0.6 is 11.6 Å². The van der Waals surface area contributed by atoms with Crippen LogP contribution in [0, 0.1) is 5.92 Å². The lowest BCUT2D eigenvalue weighted by atomic mass is 9.87. The van der Waals surface area contributed by atoms with Crippen LogP contribution in [0.1, 0.15) is 39.0 Å². The average Bonchev–Trinajstić information content (AvgIpc) is 2.41. The van der Waals surface area contributed by atoms with E-state index in [0.29, 0.717) is 21.5 Å². The summed E-state index contributed by atoms with van der Waals surface area (Å²) in [6.45, 7) is 2.17. The summed E-state index contributed by atoms with van der Waals surface area (Å²) in [6, 6.07) is 4.59. The van der Waals surface area contributed by atoms with Gasteiger partial charge in [-0.05, 0) is 49.8 Å². The lowest BCUT2D eigenvalue weighted by molar-refractivity contribution is 0.348. The van der Waals surface area contributed by atoms with E-state index < -0.39 is 9.84 Å². The average molecular weight is 302 g/mol. The molecular formula is C14H20ClNO2S. The van der Waals surface area contributed by atoms with Gasteiger partial charge in [0.25, 0.3) is 0 Å². The second-order valence-electron chi connectivity index (χ2n) is 5.28. The highest BCUT2D eigenvalue weighted by atomic mass is 35.5. The van der Waals surface area contributed by atoms with Crippen LogP contribution in [0.25, 0.3) is 0 Å². The maximum absolute atomic E-state index is 12.5. The summed E-state index contributed by atoms with van der Waals surface area (Å²) >= 11 is 5.91. The van der Waals surface area contributed by atoms with Gasteiger partial charge in [-0.1, -0.05) is 24.9 Å². The smallest absolute Gasteiger partial charge is 0.181 e. The molecule has 0 saturated heterocycles. The van der Waals surface area contributed by atoms with Crippen LogP contribution in [0.2, 0.25) is 5.02 Å². The molecule has 0 spiro atoms. The number of nitrogens with two attached hydrogens (primary N) is 1. The van der Waals surface area contributed by atoms with E-state index >= 15 is 0 Å². The molecule has 1 aliphatic rings. The Morgan fingerprint density at radius 3 is 2.42 bits per heavy atom. The summed E-state index contributed by atoms with van der Waals surface area (Å²) in [5.41, 5.74) is 6.03. The Kier molecular flexibility index (Phi) is 4.41. The normalized spacial score (nSPS) is 24.3. The van der Waals surface area contributed by atoms with E-state index in [1.807, 2.05) is 0 Å². The van der Waals surface area contributed by atoms with E-state index in [2.05, 4.69) is 6.92 Å². The van der Waals surface area contributed by atoms with Gasteiger partial charge in [-0.25, -0.2) is 8.42 Å². The van der Waals surface area contributed by atoms with Crippen LogP contribution in [-0.4, -0.2) is 13.7 Å². The Morgan fingerprint density at radius 2 is 1.89 bits per heavy atom. The van der Waals surface area contributed by atoms with Gasteiger partial charge in [0.05, 0.1) is 20.9 Å². The van der Waals surface area contributed by atoms with E-state index in [0.717, 1.165) is 32.1 Å². The van der Waals surface area contributed by atoms with Gasteiger partial charge in [-0.2, -0.15) is 0 Å². The number of nitrogen functional groups attached to an aromatic ring is 1. The number of anilines is 1. The molecular weight excluding hydrogens is 282 g/mol. The third-order valence-corrected chi connectivity index (χ3v) is 6.70. The predicted octanol–water partition coefficient (Wildman–Crippen LogP) is 3.66. The topological polar surface area (TPSA) is 60.2 Å². The molecule has 3 nitrogen and oxygen atoms in total. The van der Waals surface area contributed by atoms with Gasteiger partial charge >= 0.3 is 0 Å². The van der Waals surface area contributed by atoms with Crippen molar-refractivity contribution in [1.29, 1.82) is 0 Å². The Labute approximate surface area is 120 Å². The standard InChI is InChI=1S/C14H20ClNO2S/c1-2-10-3-5-11(6-4-10)19(17,18)12-7-8-14(16)13(15)9-12/h7-11H,2-6,16H2,1H3. The van der Waals surface area contributed by atoms with Crippen LogP contribution < -0.4 is 5.73 Å². The predicted molar refractivity (Wildman–Crippen MR) is 79.1 cm³/mol. The van der Waals surface area contributed by atoms with Crippen molar-refractivity contribution in [2.75, 3.05) is 5.73 Å². The zero-order chi connectivity index (χ0) is 14.0. The molecule has 0 aliphatic heterocycles. The molecule has 1 aromatic carbocycles. The number of rotatable bonds is 3. The minimum atomic E-state index is -3.27. The molecule has 2 N–H and O–H groups in total. The van der Waals surface area contributed by atoms with Crippen molar-refractivity contribution >= 4 is 27.1 Å². The van der Waals surface area contributed by atoms with E-state index in [1.54, 1.807) is 12.1 Å². The van der Waals surface area contributed by atoms with Gasteiger partial charge in [0.1, 0.15) is 0 Å². The SMILES string of the molecule is CCC1CCC(S(=O)(=O)c2ccc(N)c(Cl)c2)CC1. The molecule has 2 rings (SSSR count). The molecule has 1 fully saturated rings. The number of halogens is 1. The number of hydrogen-bond donors (Lipinski definition) is 1. The first-order valence-electron chi connectivity index (χ1n) is 6.74. The number of benzene rings is 1. The van der Waals surface area contributed by atoms with Crippen molar-refractivity contribution in [1.82, 2.24) is 0 Å². The van der Waals surface area contributed by atoms with Gasteiger partial charge in [0.2, 0.25) is 0 Å². The van der Waals surface area contributed by atoms with Gasteiger partial charge in [0, 0.05) is 0 Å². The Balaban J connectivity index is 2.21. The van der Waals surface area contributed by atoms with Crippen LogP contribution in [0.15, 0.2) is 23.1 Å². The molecule has 0 unspecified atom stereocenters.